The Labute approximate surface area is 221 Å². The van der Waals surface area contributed by atoms with E-state index >= 15 is 0 Å². The monoisotopic (exact) mass is 520 g/mol. The van der Waals surface area contributed by atoms with Crippen molar-refractivity contribution in [2.45, 2.75) is 44.8 Å². The fourth-order valence-electron chi connectivity index (χ4n) is 3.81. The van der Waals surface area contributed by atoms with Gasteiger partial charge in [0.1, 0.15) is 6.54 Å². The van der Waals surface area contributed by atoms with E-state index in [4.69, 9.17) is 21.4 Å². The summed E-state index contributed by atoms with van der Waals surface area (Å²) < 4.78 is 5.87. The van der Waals surface area contributed by atoms with Crippen LogP contribution in [-0.4, -0.2) is 40.2 Å². The number of ether oxygens (including phenoxy) is 1. The highest BCUT2D eigenvalue weighted by atomic mass is 35.5. The smallest absolute Gasteiger partial charge is 0.322 e. The maximum absolute atomic E-state index is 13.3. The van der Waals surface area contributed by atoms with Crippen molar-refractivity contribution in [1.82, 2.24) is 10.3 Å². The minimum Gasteiger partial charge on any atom is -0.480 e. The molecule has 1 amide bonds. The highest BCUT2D eigenvalue weighted by molar-refractivity contribution is 6.30. The molecule has 3 aromatic rings. The molecule has 2 atom stereocenters. The molecule has 9 heteroatoms. The third kappa shape index (κ3) is 7.95. The van der Waals surface area contributed by atoms with Gasteiger partial charge in [-0.05, 0) is 68.7 Å². The van der Waals surface area contributed by atoms with E-state index in [-0.39, 0.29) is 30.3 Å². The van der Waals surface area contributed by atoms with E-state index in [1.54, 1.807) is 32.0 Å². The molecule has 0 saturated carbocycles. The molecule has 0 radical (unpaired) electrons. The number of nitrogens with one attached hydrogen (secondary N) is 2. The zero-order chi connectivity index (χ0) is 27.0. The number of anilines is 1. The fraction of sp³-hybridized carbons (Fsp3) is 0.286. The second-order valence-electron chi connectivity index (χ2n) is 9.18. The average molecular weight is 521 g/mol. The van der Waals surface area contributed by atoms with Crippen molar-refractivity contribution in [2.75, 3.05) is 11.9 Å². The molecule has 0 spiro atoms. The number of carbonyl (C=O) groups is 2. The van der Waals surface area contributed by atoms with Crippen molar-refractivity contribution in [3.05, 3.63) is 88.6 Å². The lowest BCUT2D eigenvalue weighted by atomic mass is 9.85. The van der Waals surface area contributed by atoms with Crippen LogP contribution in [0.2, 0.25) is 5.02 Å². The lowest BCUT2D eigenvalue weighted by molar-refractivity contribution is -0.135. The van der Waals surface area contributed by atoms with Crippen LogP contribution in [-0.2, 0) is 16.0 Å². The van der Waals surface area contributed by atoms with Gasteiger partial charge >= 0.3 is 5.97 Å². The zero-order valence-electron chi connectivity index (χ0n) is 20.9. The molecule has 3 N–H and O–H groups in total. The second-order valence-corrected chi connectivity index (χ2v) is 9.62. The van der Waals surface area contributed by atoms with Crippen LogP contribution in [0.4, 0.5) is 5.69 Å². The van der Waals surface area contributed by atoms with Crippen LogP contribution in [0.5, 0.6) is 5.88 Å². The first-order valence-electron chi connectivity index (χ1n) is 11.7. The van der Waals surface area contributed by atoms with Crippen molar-refractivity contribution in [3.8, 4) is 11.9 Å². The molecule has 0 fully saturated rings. The molecule has 0 aliphatic heterocycles. The van der Waals surface area contributed by atoms with Crippen LogP contribution in [0.3, 0.4) is 0 Å². The molecule has 192 valence electrons. The fourth-order valence-corrected chi connectivity index (χ4v) is 3.93. The van der Waals surface area contributed by atoms with Crippen LogP contribution < -0.4 is 15.4 Å². The zero-order valence-corrected chi connectivity index (χ0v) is 21.6. The first kappa shape index (κ1) is 27.5. The van der Waals surface area contributed by atoms with E-state index in [0.29, 0.717) is 22.7 Å². The summed E-state index contributed by atoms with van der Waals surface area (Å²) in [6.45, 7) is 4.99. The Morgan fingerprint density at radius 3 is 2.51 bits per heavy atom. The lowest BCUT2D eigenvalue weighted by Gasteiger charge is -2.30. The Morgan fingerprint density at radius 2 is 1.89 bits per heavy atom. The van der Waals surface area contributed by atoms with E-state index in [2.05, 4.69) is 21.7 Å². The van der Waals surface area contributed by atoms with Gasteiger partial charge in [-0.3, -0.25) is 9.59 Å². The summed E-state index contributed by atoms with van der Waals surface area (Å²) in [5, 5.41) is 24.6. The van der Waals surface area contributed by atoms with Gasteiger partial charge in [-0.2, -0.15) is 5.26 Å². The standard InChI is InChI=1S/C28H29ClN4O4/c1-18(24(14-19-7-9-22(29)10-8-19)21-6-4-5-20(13-21)15-30)33-27(36)28(2,3)37-25-12-11-23(16-32-25)31-17-26(34)35/h4-13,16,18,24,31H,14,17H2,1-3H3,(H,33,36)(H,34,35). The molecule has 0 bridgehead atoms. The number of nitrogens with zero attached hydrogens (tertiary/aromatic N) is 2. The SMILES string of the molecule is CC(NC(=O)C(C)(C)Oc1ccc(NCC(=O)O)cn1)C(Cc1ccc(Cl)cc1)c1cccc(C#N)c1. The van der Waals surface area contributed by atoms with Gasteiger partial charge in [0.25, 0.3) is 5.91 Å². The Kier molecular flexibility index (Phi) is 9.10. The summed E-state index contributed by atoms with van der Waals surface area (Å²) in [5.74, 6) is -1.20. The van der Waals surface area contributed by atoms with Gasteiger partial charge in [0.05, 0.1) is 23.5 Å². The molecule has 0 saturated heterocycles. The molecular formula is C28H29ClN4O4. The Balaban J connectivity index is 1.74. The summed E-state index contributed by atoms with van der Waals surface area (Å²) in [5.41, 5.74) is 1.82. The molecular weight excluding hydrogens is 492 g/mol. The van der Waals surface area contributed by atoms with Crippen molar-refractivity contribution >= 4 is 29.2 Å². The normalized spacial score (nSPS) is 12.6. The molecule has 0 aliphatic rings. The molecule has 8 nitrogen and oxygen atoms in total. The van der Waals surface area contributed by atoms with Crippen LogP contribution in [0.1, 0.15) is 43.4 Å². The van der Waals surface area contributed by atoms with Crippen molar-refractivity contribution in [3.63, 3.8) is 0 Å². The number of nitriles is 1. The topological polar surface area (TPSA) is 124 Å². The van der Waals surface area contributed by atoms with E-state index in [0.717, 1.165) is 11.1 Å². The Hall–Kier alpha value is -4.09. The molecule has 2 aromatic carbocycles. The summed E-state index contributed by atoms with van der Waals surface area (Å²) >= 11 is 6.05. The summed E-state index contributed by atoms with van der Waals surface area (Å²) in [7, 11) is 0. The first-order chi connectivity index (χ1) is 17.6. The largest absolute Gasteiger partial charge is 0.480 e. The van der Waals surface area contributed by atoms with Gasteiger partial charge in [0, 0.05) is 23.0 Å². The van der Waals surface area contributed by atoms with Gasteiger partial charge < -0.3 is 20.5 Å². The van der Waals surface area contributed by atoms with Crippen LogP contribution in [0, 0.1) is 11.3 Å². The van der Waals surface area contributed by atoms with Crippen molar-refractivity contribution in [1.29, 1.82) is 5.26 Å². The van der Waals surface area contributed by atoms with E-state index < -0.39 is 11.6 Å². The summed E-state index contributed by atoms with van der Waals surface area (Å²) in [6.07, 6.45) is 2.07. The van der Waals surface area contributed by atoms with Gasteiger partial charge in [0.15, 0.2) is 5.60 Å². The number of aromatic nitrogens is 1. The van der Waals surface area contributed by atoms with E-state index in [1.165, 1.54) is 6.20 Å². The molecule has 3 rings (SSSR count). The Morgan fingerprint density at radius 1 is 1.16 bits per heavy atom. The summed E-state index contributed by atoms with van der Waals surface area (Å²) in [6, 6.07) is 20.0. The van der Waals surface area contributed by atoms with Gasteiger partial charge in [-0.25, -0.2) is 4.98 Å². The lowest BCUT2D eigenvalue weighted by Crippen LogP contribution is -2.51. The Bertz CT molecular complexity index is 1270. The molecule has 0 aliphatic carbocycles. The van der Waals surface area contributed by atoms with Crippen molar-refractivity contribution in [2.24, 2.45) is 0 Å². The number of carbonyl (C=O) groups excluding carboxylic acids is 1. The first-order valence-corrected chi connectivity index (χ1v) is 12.1. The van der Waals surface area contributed by atoms with Gasteiger partial charge in [-0.15, -0.1) is 0 Å². The maximum Gasteiger partial charge on any atom is 0.322 e. The third-order valence-electron chi connectivity index (χ3n) is 5.86. The number of carboxylic acids is 1. The highest BCUT2D eigenvalue weighted by Gasteiger charge is 2.33. The van der Waals surface area contributed by atoms with E-state index in [1.807, 2.05) is 49.4 Å². The molecule has 1 heterocycles. The second kappa shape index (κ2) is 12.2. The van der Waals surface area contributed by atoms with Crippen molar-refractivity contribution < 1.29 is 19.4 Å². The molecule has 37 heavy (non-hydrogen) atoms. The minimum atomic E-state index is -1.24. The van der Waals surface area contributed by atoms with Crippen LogP contribution in [0.25, 0.3) is 0 Å². The number of pyridine rings is 1. The highest BCUT2D eigenvalue weighted by Crippen LogP contribution is 2.27. The number of carboxylic acid groups (broad SMARTS) is 1. The third-order valence-corrected chi connectivity index (χ3v) is 6.11. The van der Waals surface area contributed by atoms with E-state index in [9.17, 15) is 14.9 Å². The quantitative estimate of drug-likeness (QED) is 0.332. The average Bonchev–Trinajstić information content (AvgIpc) is 2.87. The van der Waals surface area contributed by atoms with Crippen LogP contribution in [0.15, 0.2) is 66.9 Å². The van der Waals surface area contributed by atoms with Crippen LogP contribution >= 0.6 is 11.6 Å². The molecule has 1 aromatic heterocycles. The number of benzene rings is 2. The number of hydrogen-bond acceptors (Lipinski definition) is 6. The maximum atomic E-state index is 13.3. The number of rotatable bonds is 11. The molecule has 2 unspecified atom stereocenters. The van der Waals surface area contributed by atoms with Gasteiger partial charge in [-0.1, -0.05) is 35.9 Å². The number of hydrogen-bond donors (Lipinski definition) is 3. The predicted octanol–water partition coefficient (Wildman–Crippen LogP) is 4.79. The number of halogens is 1. The number of aliphatic carboxylic acids is 1. The predicted molar refractivity (Wildman–Crippen MR) is 142 cm³/mol. The number of amides is 1. The minimum absolute atomic E-state index is 0.119. The van der Waals surface area contributed by atoms with Gasteiger partial charge in [0.2, 0.25) is 5.88 Å². The summed E-state index contributed by atoms with van der Waals surface area (Å²) in [4.78, 5) is 28.1.